The minimum Gasteiger partial charge on any atom is -0.477 e. The van der Waals surface area contributed by atoms with Crippen LogP contribution in [0.1, 0.15) is 53.4 Å². The summed E-state index contributed by atoms with van der Waals surface area (Å²) in [6.45, 7) is 0. The minimum absolute atomic E-state index is 0.304. The van der Waals surface area contributed by atoms with Gasteiger partial charge in [0, 0.05) is 5.92 Å². The number of nitrogen functional groups attached to an aromatic ring is 1. The second kappa shape index (κ2) is 4.18. The van der Waals surface area contributed by atoms with E-state index in [0.717, 1.165) is 24.2 Å². The zero-order valence-electron chi connectivity index (χ0n) is 8.40. The van der Waals surface area contributed by atoms with E-state index in [1.807, 2.05) is 0 Å². The molecule has 0 spiro atoms. The number of aromatic carboxylic acids is 1. The molecule has 1 aromatic rings. The molecule has 0 atom stereocenters. The lowest BCUT2D eigenvalue weighted by Gasteiger charge is -2.20. The van der Waals surface area contributed by atoms with Gasteiger partial charge < -0.3 is 10.8 Å². The van der Waals surface area contributed by atoms with Gasteiger partial charge in [-0.15, -0.1) is 0 Å². The van der Waals surface area contributed by atoms with Crippen LogP contribution in [0.2, 0.25) is 0 Å². The molecular weight excluding hydrogens is 212 g/mol. The van der Waals surface area contributed by atoms with Crippen molar-refractivity contribution in [2.24, 2.45) is 0 Å². The van der Waals surface area contributed by atoms with E-state index in [2.05, 4.69) is 4.98 Å². The minimum atomic E-state index is -0.898. The summed E-state index contributed by atoms with van der Waals surface area (Å²) >= 11 is 1.08. The maximum atomic E-state index is 11.0. The van der Waals surface area contributed by atoms with Gasteiger partial charge in [0.2, 0.25) is 0 Å². The number of thiazole rings is 1. The van der Waals surface area contributed by atoms with Crippen LogP contribution in [-0.2, 0) is 0 Å². The summed E-state index contributed by atoms with van der Waals surface area (Å²) in [6, 6.07) is 0. The smallest absolute Gasteiger partial charge is 0.347 e. The molecule has 0 amide bonds. The van der Waals surface area contributed by atoms with E-state index in [9.17, 15) is 4.79 Å². The van der Waals surface area contributed by atoms with Gasteiger partial charge in [0.15, 0.2) is 5.13 Å². The fourth-order valence-corrected chi connectivity index (χ4v) is 2.91. The van der Waals surface area contributed by atoms with Crippen LogP contribution in [0.25, 0.3) is 0 Å². The van der Waals surface area contributed by atoms with Crippen molar-refractivity contribution >= 4 is 22.4 Å². The Balaban J connectivity index is 2.28. The van der Waals surface area contributed by atoms with E-state index in [1.165, 1.54) is 19.3 Å². The Morgan fingerprint density at radius 1 is 1.40 bits per heavy atom. The molecule has 0 aromatic carbocycles. The molecule has 1 fully saturated rings. The number of hydrogen-bond donors (Lipinski definition) is 2. The maximum Gasteiger partial charge on any atom is 0.347 e. The monoisotopic (exact) mass is 226 g/mol. The summed E-state index contributed by atoms with van der Waals surface area (Å²) in [6.07, 6.45) is 5.67. The number of aromatic nitrogens is 1. The van der Waals surface area contributed by atoms with Gasteiger partial charge in [0.1, 0.15) is 4.88 Å². The Labute approximate surface area is 92.1 Å². The first-order valence-corrected chi connectivity index (χ1v) is 5.99. The zero-order valence-corrected chi connectivity index (χ0v) is 9.22. The Morgan fingerprint density at radius 3 is 2.67 bits per heavy atom. The van der Waals surface area contributed by atoms with Crippen LogP contribution in [0.5, 0.6) is 0 Å². The van der Waals surface area contributed by atoms with Gasteiger partial charge in [-0.05, 0) is 12.8 Å². The molecule has 2 rings (SSSR count). The summed E-state index contributed by atoms with van der Waals surface area (Å²) in [5, 5.41) is 9.39. The molecule has 5 heteroatoms. The van der Waals surface area contributed by atoms with E-state index in [1.54, 1.807) is 0 Å². The van der Waals surface area contributed by atoms with Gasteiger partial charge in [-0.25, -0.2) is 9.78 Å². The third-order valence-corrected chi connectivity index (χ3v) is 3.74. The molecule has 1 heterocycles. The number of carboxylic acids is 1. The zero-order chi connectivity index (χ0) is 10.8. The number of carboxylic acid groups (broad SMARTS) is 1. The number of rotatable bonds is 2. The van der Waals surface area contributed by atoms with Gasteiger partial charge in [0.05, 0.1) is 5.69 Å². The van der Waals surface area contributed by atoms with Crippen molar-refractivity contribution in [2.75, 3.05) is 5.73 Å². The lowest BCUT2D eigenvalue weighted by atomic mass is 9.86. The Kier molecular flexibility index (Phi) is 2.90. The summed E-state index contributed by atoms with van der Waals surface area (Å²) in [7, 11) is 0. The standard InChI is InChI=1S/C10H14N2O2S/c11-10-12-7(8(15-10)9(13)14)6-4-2-1-3-5-6/h6H,1-5H2,(H2,11,12)(H,13,14). The number of anilines is 1. The first-order chi connectivity index (χ1) is 7.18. The van der Waals surface area contributed by atoms with E-state index < -0.39 is 5.97 Å². The molecule has 1 saturated carbocycles. The van der Waals surface area contributed by atoms with Gasteiger partial charge >= 0.3 is 5.97 Å². The van der Waals surface area contributed by atoms with Crippen molar-refractivity contribution in [1.82, 2.24) is 4.98 Å². The molecule has 3 N–H and O–H groups in total. The lowest BCUT2D eigenvalue weighted by Crippen LogP contribution is -2.09. The molecule has 4 nitrogen and oxygen atoms in total. The van der Waals surface area contributed by atoms with Crippen LogP contribution in [0.3, 0.4) is 0 Å². The number of nitrogens with zero attached hydrogens (tertiary/aromatic N) is 1. The highest BCUT2D eigenvalue weighted by Crippen LogP contribution is 2.36. The average molecular weight is 226 g/mol. The molecular formula is C10H14N2O2S. The summed E-state index contributed by atoms with van der Waals surface area (Å²) in [4.78, 5) is 15.5. The fourth-order valence-electron chi connectivity index (χ4n) is 2.16. The number of nitrogens with two attached hydrogens (primary N) is 1. The van der Waals surface area contributed by atoms with Crippen LogP contribution in [-0.4, -0.2) is 16.1 Å². The molecule has 15 heavy (non-hydrogen) atoms. The Morgan fingerprint density at radius 2 is 2.07 bits per heavy atom. The highest BCUT2D eigenvalue weighted by molar-refractivity contribution is 7.17. The summed E-state index contributed by atoms with van der Waals surface area (Å²) in [5.41, 5.74) is 6.28. The van der Waals surface area contributed by atoms with Crippen molar-refractivity contribution in [3.8, 4) is 0 Å². The number of carbonyl (C=O) groups is 1. The van der Waals surface area contributed by atoms with Gasteiger partial charge in [-0.1, -0.05) is 30.6 Å². The quantitative estimate of drug-likeness (QED) is 0.812. The fraction of sp³-hybridized carbons (Fsp3) is 0.600. The number of hydrogen-bond acceptors (Lipinski definition) is 4. The molecule has 0 aliphatic heterocycles. The van der Waals surface area contributed by atoms with E-state index >= 15 is 0 Å². The second-order valence-electron chi connectivity index (χ2n) is 3.91. The molecule has 1 aliphatic carbocycles. The molecule has 82 valence electrons. The van der Waals surface area contributed by atoms with E-state index in [0.29, 0.717) is 21.6 Å². The van der Waals surface area contributed by atoms with Crippen LogP contribution < -0.4 is 5.73 Å². The normalized spacial score (nSPS) is 17.9. The van der Waals surface area contributed by atoms with Crippen molar-refractivity contribution < 1.29 is 9.90 Å². The van der Waals surface area contributed by atoms with E-state index in [4.69, 9.17) is 10.8 Å². The Hall–Kier alpha value is -1.10. The molecule has 1 aromatic heterocycles. The third kappa shape index (κ3) is 2.12. The topological polar surface area (TPSA) is 76.2 Å². The molecule has 0 saturated heterocycles. The summed E-state index contributed by atoms with van der Waals surface area (Å²) in [5.74, 6) is -0.594. The predicted molar refractivity (Wildman–Crippen MR) is 59.3 cm³/mol. The van der Waals surface area contributed by atoms with Gasteiger partial charge in [-0.2, -0.15) is 0 Å². The van der Waals surface area contributed by atoms with Crippen molar-refractivity contribution in [3.63, 3.8) is 0 Å². The van der Waals surface area contributed by atoms with Crippen LogP contribution in [0.15, 0.2) is 0 Å². The molecule has 0 unspecified atom stereocenters. The third-order valence-electron chi connectivity index (χ3n) is 2.86. The first kappa shape index (κ1) is 10.4. The van der Waals surface area contributed by atoms with Crippen LogP contribution >= 0.6 is 11.3 Å². The second-order valence-corrected chi connectivity index (χ2v) is 4.94. The predicted octanol–water partition coefficient (Wildman–Crippen LogP) is 2.47. The first-order valence-electron chi connectivity index (χ1n) is 5.18. The van der Waals surface area contributed by atoms with Crippen LogP contribution in [0.4, 0.5) is 5.13 Å². The largest absolute Gasteiger partial charge is 0.477 e. The van der Waals surface area contributed by atoms with Crippen LogP contribution in [0, 0.1) is 0 Å². The van der Waals surface area contributed by atoms with Gasteiger partial charge in [0.25, 0.3) is 0 Å². The molecule has 0 radical (unpaired) electrons. The Bertz CT molecular complexity index is 369. The molecule has 1 aliphatic rings. The SMILES string of the molecule is Nc1nc(C2CCCCC2)c(C(=O)O)s1. The van der Waals surface area contributed by atoms with Crippen molar-refractivity contribution in [1.29, 1.82) is 0 Å². The maximum absolute atomic E-state index is 11.0. The highest BCUT2D eigenvalue weighted by Gasteiger charge is 2.25. The van der Waals surface area contributed by atoms with Crippen molar-refractivity contribution in [3.05, 3.63) is 10.6 Å². The van der Waals surface area contributed by atoms with E-state index in [-0.39, 0.29) is 0 Å². The van der Waals surface area contributed by atoms with Gasteiger partial charge in [-0.3, -0.25) is 0 Å². The van der Waals surface area contributed by atoms with Crippen molar-refractivity contribution in [2.45, 2.75) is 38.0 Å². The molecule has 0 bridgehead atoms. The summed E-state index contributed by atoms with van der Waals surface area (Å²) < 4.78 is 0. The lowest BCUT2D eigenvalue weighted by molar-refractivity contribution is 0.0700. The highest BCUT2D eigenvalue weighted by atomic mass is 32.1. The average Bonchev–Trinajstić information content (AvgIpc) is 2.62.